The maximum Gasteiger partial charge on any atom is 0.165 e. The van der Waals surface area contributed by atoms with Gasteiger partial charge in [0, 0.05) is 0 Å². The number of benzene rings is 1. The number of rotatable bonds is 5. The number of hydrogen-bond donors (Lipinski definition) is 0. The van der Waals surface area contributed by atoms with E-state index < -0.39 is 0 Å². The zero-order valence-electron chi connectivity index (χ0n) is 11.7. The second-order valence-electron chi connectivity index (χ2n) is 6.28. The van der Waals surface area contributed by atoms with Crippen LogP contribution >= 0.6 is 0 Å². The van der Waals surface area contributed by atoms with Crippen molar-refractivity contribution in [3.63, 3.8) is 0 Å². The van der Waals surface area contributed by atoms with E-state index >= 15 is 0 Å². The van der Waals surface area contributed by atoms with Gasteiger partial charge in [0.25, 0.3) is 0 Å². The van der Waals surface area contributed by atoms with E-state index in [4.69, 9.17) is 4.74 Å². The molecule has 0 saturated heterocycles. The Hall–Kier alpha value is -1.05. The van der Waals surface area contributed by atoms with Crippen LogP contribution in [0.3, 0.4) is 0 Å². The molecular weight excluding hydrogens is 239 g/mol. The molecule has 0 radical (unpaired) electrons. The van der Waals surface area contributed by atoms with Crippen LogP contribution < -0.4 is 4.74 Å². The van der Waals surface area contributed by atoms with Gasteiger partial charge in [0.15, 0.2) is 11.6 Å². The first-order valence-corrected chi connectivity index (χ1v) is 7.66. The van der Waals surface area contributed by atoms with Crippen molar-refractivity contribution in [1.29, 1.82) is 0 Å². The molecule has 19 heavy (non-hydrogen) atoms. The zero-order valence-corrected chi connectivity index (χ0v) is 11.7. The summed E-state index contributed by atoms with van der Waals surface area (Å²) in [7, 11) is 0. The fourth-order valence-corrected chi connectivity index (χ4v) is 3.14. The highest BCUT2D eigenvalue weighted by Crippen LogP contribution is 2.38. The van der Waals surface area contributed by atoms with Crippen molar-refractivity contribution in [3.8, 4) is 5.75 Å². The van der Waals surface area contributed by atoms with Crippen molar-refractivity contribution in [2.75, 3.05) is 6.61 Å². The fourth-order valence-electron chi connectivity index (χ4n) is 3.14. The highest BCUT2D eigenvalue weighted by atomic mass is 19.1. The molecule has 2 fully saturated rings. The molecule has 0 aliphatic heterocycles. The van der Waals surface area contributed by atoms with Gasteiger partial charge in [0.1, 0.15) is 0 Å². The lowest BCUT2D eigenvalue weighted by Gasteiger charge is -2.20. The molecule has 104 valence electrons. The summed E-state index contributed by atoms with van der Waals surface area (Å²) >= 11 is 0. The summed E-state index contributed by atoms with van der Waals surface area (Å²) in [5.74, 6) is 2.18. The molecule has 2 saturated carbocycles. The molecule has 1 aromatic rings. The van der Waals surface area contributed by atoms with E-state index in [0.717, 1.165) is 5.92 Å². The van der Waals surface area contributed by atoms with Gasteiger partial charge in [0.2, 0.25) is 0 Å². The normalized spacial score (nSPS) is 21.6. The van der Waals surface area contributed by atoms with E-state index in [1.165, 1.54) is 44.1 Å². The van der Waals surface area contributed by atoms with E-state index in [0.29, 0.717) is 24.2 Å². The smallest absolute Gasteiger partial charge is 0.165 e. The molecule has 2 aliphatic rings. The molecule has 0 amide bonds. The highest BCUT2D eigenvalue weighted by molar-refractivity contribution is 5.32. The Balaban J connectivity index is 1.71. The Morgan fingerprint density at radius 3 is 2.63 bits per heavy atom. The standard InChI is InChI=1S/C17H23FO/c1-12(14-4-2-3-5-14)15-8-9-16(18)17(10-15)19-11-13-6-7-13/h8-10,12-14H,2-7,11H2,1H3. The number of halogens is 1. The molecular formula is C17H23FO. The van der Waals surface area contributed by atoms with Crippen LogP contribution in [0.5, 0.6) is 5.75 Å². The highest BCUT2D eigenvalue weighted by Gasteiger charge is 2.25. The molecule has 0 aromatic heterocycles. The summed E-state index contributed by atoms with van der Waals surface area (Å²) in [5.41, 5.74) is 1.24. The zero-order chi connectivity index (χ0) is 13.2. The molecule has 3 rings (SSSR count). The number of hydrogen-bond acceptors (Lipinski definition) is 1. The molecule has 0 spiro atoms. The Morgan fingerprint density at radius 1 is 1.21 bits per heavy atom. The van der Waals surface area contributed by atoms with Crippen LogP contribution in [0, 0.1) is 17.7 Å². The van der Waals surface area contributed by atoms with Gasteiger partial charge in [-0.25, -0.2) is 4.39 Å². The summed E-state index contributed by atoms with van der Waals surface area (Å²) in [6.07, 6.45) is 7.80. The molecule has 1 atom stereocenters. The van der Waals surface area contributed by atoms with E-state index in [1.54, 1.807) is 6.07 Å². The van der Waals surface area contributed by atoms with Crippen molar-refractivity contribution in [1.82, 2.24) is 0 Å². The summed E-state index contributed by atoms with van der Waals surface area (Å²) in [6, 6.07) is 5.44. The Bertz CT molecular complexity index is 433. The Morgan fingerprint density at radius 2 is 1.95 bits per heavy atom. The van der Waals surface area contributed by atoms with Crippen molar-refractivity contribution < 1.29 is 9.13 Å². The van der Waals surface area contributed by atoms with Gasteiger partial charge in [-0.3, -0.25) is 0 Å². The average Bonchev–Trinajstić information content (AvgIpc) is 3.09. The molecule has 0 bridgehead atoms. The third kappa shape index (κ3) is 3.10. The molecule has 1 nitrogen and oxygen atoms in total. The molecule has 0 heterocycles. The van der Waals surface area contributed by atoms with Gasteiger partial charge in [-0.05, 0) is 61.1 Å². The van der Waals surface area contributed by atoms with Crippen molar-refractivity contribution in [2.45, 2.75) is 51.4 Å². The van der Waals surface area contributed by atoms with E-state index in [9.17, 15) is 4.39 Å². The molecule has 1 unspecified atom stereocenters. The van der Waals surface area contributed by atoms with Gasteiger partial charge < -0.3 is 4.74 Å². The van der Waals surface area contributed by atoms with Crippen LogP contribution in [0.25, 0.3) is 0 Å². The lowest BCUT2D eigenvalue weighted by molar-refractivity contribution is 0.284. The second-order valence-corrected chi connectivity index (χ2v) is 6.28. The fraction of sp³-hybridized carbons (Fsp3) is 0.647. The minimum atomic E-state index is -0.219. The summed E-state index contributed by atoms with van der Waals surface area (Å²) in [6.45, 7) is 2.95. The maximum atomic E-state index is 13.8. The molecule has 2 aliphatic carbocycles. The quantitative estimate of drug-likeness (QED) is 0.732. The predicted molar refractivity (Wildman–Crippen MR) is 75.0 cm³/mol. The first kappa shape index (κ1) is 13.0. The van der Waals surface area contributed by atoms with Crippen molar-refractivity contribution >= 4 is 0 Å². The van der Waals surface area contributed by atoms with E-state index in [2.05, 4.69) is 6.92 Å². The van der Waals surface area contributed by atoms with Gasteiger partial charge in [-0.15, -0.1) is 0 Å². The van der Waals surface area contributed by atoms with Crippen LogP contribution in [0.4, 0.5) is 4.39 Å². The van der Waals surface area contributed by atoms with Gasteiger partial charge in [-0.2, -0.15) is 0 Å². The van der Waals surface area contributed by atoms with Crippen molar-refractivity contribution in [3.05, 3.63) is 29.6 Å². The third-order valence-electron chi connectivity index (χ3n) is 4.76. The lowest BCUT2D eigenvalue weighted by atomic mass is 9.86. The first-order valence-electron chi connectivity index (χ1n) is 7.66. The summed E-state index contributed by atoms with van der Waals surface area (Å²) < 4.78 is 19.4. The van der Waals surface area contributed by atoms with Gasteiger partial charge >= 0.3 is 0 Å². The van der Waals surface area contributed by atoms with Crippen LogP contribution in [-0.4, -0.2) is 6.61 Å². The van der Waals surface area contributed by atoms with E-state index in [-0.39, 0.29) is 5.82 Å². The minimum absolute atomic E-state index is 0.219. The number of ether oxygens (including phenoxy) is 1. The monoisotopic (exact) mass is 262 g/mol. The minimum Gasteiger partial charge on any atom is -0.490 e. The van der Waals surface area contributed by atoms with E-state index in [1.807, 2.05) is 12.1 Å². The van der Waals surface area contributed by atoms with Gasteiger partial charge in [-0.1, -0.05) is 25.8 Å². The molecule has 1 aromatic carbocycles. The van der Waals surface area contributed by atoms with Crippen molar-refractivity contribution in [2.24, 2.45) is 11.8 Å². The van der Waals surface area contributed by atoms with Crippen LogP contribution in [-0.2, 0) is 0 Å². The Kier molecular flexibility index (Phi) is 3.76. The first-order chi connectivity index (χ1) is 9.24. The predicted octanol–water partition coefficient (Wildman–Crippen LogP) is 4.91. The SMILES string of the molecule is CC(c1ccc(F)c(OCC2CC2)c1)C1CCCC1. The van der Waals surface area contributed by atoms with Crippen LogP contribution in [0.1, 0.15) is 56.9 Å². The molecule has 2 heteroatoms. The summed E-state index contributed by atoms with van der Waals surface area (Å²) in [4.78, 5) is 0. The average molecular weight is 262 g/mol. The Labute approximate surface area is 115 Å². The topological polar surface area (TPSA) is 9.23 Å². The van der Waals surface area contributed by atoms with Gasteiger partial charge in [0.05, 0.1) is 6.61 Å². The third-order valence-corrected chi connectivity index (χ3v) is 4.76. The second kappa shape index (κ2) is 5.52. The lowest BCUT2D eigenvalue weighted by Crippen LogP contribution is -2.07. The van der Waals surface area contributed by atoms with Crippen LogP contribution in [0.15, 0.2) is 18.2 Å². The summed E-state index contributed by atoms with van der Waals surface area (Å²) in [5, 5.41) is 0. The molecule has 0 N–H and O–H groups in total. The largest absolute Gasteiger partial charge is 0.490 e. The maximum absolute atomic E-state index is 13.8. The van der Waals surface area contributed by atoms with Crippen LogP contribution in [0.2, 0.25) is 0 Å².